The van der Waals surface area contributed by atoms with Gasteiger partial charge >= 0.3 is 0 Å². The molecule has 1 saturated carbocycles. The summed E-state index contributed by atoms with van der Waals surface area (Å²) in [5.41, 5.74) is -0.591. The van der Waals surface area contributed by atoms with Gasteiger partial charge < -0.3 is 5.11 Å². The SMILES string of the molecule is CNC1(O)CCCCC1C(C)C. The molecule has 0 spiro atoms. The average molecular weight is 171 g/mol. The zero-order valence-electron chi connectivity index (χ0n) is 8.43. The first-order valence-electron chi connectivity index (χ1n) is 5.01. The molecule has 0 saturated heterocycles. The molecule has 2 nitrogen and oxygen atoms in total. The molecule has 0 amide bonds. The zero-order chi connectivity index (χ0) is 9.19. The summed E-state index contributed by atoms with van der Waals surface area (Å²) in [5.74, 6) is 0.999. The molecule has 0 aliphatic heterocycles. The number of hydrogen-bond donors (Lipinski definition) is 2. The second-order valence-corrected chi connectivity index (χ2v) is 4.27. The molecule has 72 valence electrons. The van der Waals surface area contributed by atoms with Crippen molar-refractivity contribution in [3.63, 3.8) is 0 Å². The standard InChI is InChI=1S/C10H21NO/c1-8(2)9-6-4-5-7-10(9,12)11-3/h8-9,11-12H,4-7H2,1-3H3. The Labute approximate surface area is 75.4 Å². The fourth-order valence-corrected chi connectivity index (χ4v) is 2.38. The van der Waals surface area contributed by atoms with Crippen molar-refractivity contribution in [3.8, 4) is 0 Å². The Bertz CT molecular complexity index is 147. The van der Waals surface area contributed by atoms with Crippen molar-refractivity contribution in [2.24, 2.45) is 11.8 Å². The highest BCUT2D eigenvalue weighted by atomic mass is 16.3. The van der Waals surface area contributed by atoms with E-state index in [0.29, 0.717) is 11.8 Å². The van der Waals surface area contributed by atoms with Crippen LogP contribution in [0.1, 0.15) is 39.5 Å². The summed E-state index contributed by atoms with van der Waals surface area (Å²) < 4.78 is 0. The molecule has 0 aromatic heterocycles. The zero-order valence-corrected chi connectivity index (χ0v) is 8.43. The number of rotatable bonds is 2. The molecule has 2 heteroatoms. The van der Waals surface area contributed by atoms with Gasteiger partial charge in [-0.15, -0.1) is 0 Å². The molecule has 2 unspecified atom stereocenters. The highest BCUT2D eigenvalue weighted by Crippen LogP contribution is 2.36. The summed E-state index contributed by atoms with van der Waals surface area (Å²) in [7, 11) is 1.86. The minimum atomic E-state index is -0.591. The molecule has 1 aliphatic carbocycles. The van der Waals surface area contributed by atoms with Crippen LogP contribution in [0, 0.1) is 11.8 Å². The Morgan fingerprint density at radius 3 is 2.50 bits per heavy atom. The Balaban J connectivity index is 2.66. The van der Waals surface area contributed by atoms with Crippen LogP contribution in [-0.2, 0) is 0 Å². The largest absolute Gasteiger partial charge is 0.376 e. The summed E-state index contributed by atoms with van der Waals surface area (Å²) in [6.45, 7) is 4.39. The van der Waals surface area contributed by atoms with Crippen LogP contribution >= 0.6 is 0 Å². The van der Waals surface area contributed by atoms with Crippen LogP contribution in [0.4, 0.5) is 0 Å². The first-order valence-corrected chi connectivity index (χ1v) is 5.01. The summed E-state index contributed by atoms with van der Waals surface area (Å²) in [6.07, 6.45) is 4.49. The molecule has 1 aliphatic rings. The fourth-order valence-electron chi connectivity index (χ4n) is 2.38. The second kappa shape index (κ2) is 3.75. The van der Waals surface area contributed by atoms with Gasteiger partial charge in [0.15, 0.2) is 0 Å². The Morgan fingerprint density at radius 1 is 1.42 bits per heavy atom. The van der Waals surface area contributed by atoms with Crippen molar-refractivity contribution >= 4 is 0 Å². The monoisotopic (exact) mass is 171 g/mol. The lowest BCUT2D eigenvalue weighted by molar-refractivity contribution is -0.0872. The van der Waals surface area contributed by atoms with Gasteiger partial charge in [-0.25, -0.2) is 0 Å². The maximum absolute atomic E-state index is 10.2. The second-order valence-electron chi connectivity index (χ2n) is 4.27. The van der Waals surface area contributed by atoms with E-state index in [1.807, 2.05) is 7.05 Å². The van der Waals surface area contributed by atoms with E-state index < -0.39 is 5.72 Å². The lowest BCUT2D eigenvalue weighted by Crippen LogP contribution is -2.53. The van der Waals surface area contributed by atoms with Gasteiger partial charge in [-0.05, 0) is 32.2 Å². The molecular weight excluding hydrogens is 150 g/mol. The van der Waals surface area contributed by atoms with Gasteiger partial charge in [0.2, 0.25) is 0 Å². The molecule has 0 bridgehead atoms. The number of aliphatic hydroxyl groups is 1. The molecular formula is C10H21NO. The summed E-state index contributed by atoms with van der Waals surface area (Å²) in [5, 5.41) is 13.3. The predicted molar refractivity (Wildman–Crippen MR) is 50.8 cm³/mol. The van der Waals surface area contributed by atoms with E-state index in [-0.39, 0.29) is 0 Å². The highest BCUT2D eigenvalue weighted by molar-refractivity contribution is 4.88. The van der Waals surface area contributed by atoms with Crippen LogP contribution in [0.2, 0.25) is 0 Å². The quantitative estimate of drug-likeness (QED) is 0.620. The number of hydrogen-bond acceptors (Lipinski definition) is 2. The normalized spacial score (nSPS) is 37.2. The van der Waals surface area contributed by atoms with E-state index in [4.69, 9.17) is 0 Å². The smallest absolute Gasteiger partial charge is 0.118 e. The van der Waals surface area contributed by atoms with Crippen LogP contribution in [-0.4, -0.2) is 17.9 Å². The third-order valence-electron chi connectivity index (χ3n) is 3.17. The third-order valence-corrected chi connectivity index (χ3v) is 3.17. The molecule has 2 atom stereocenters. The average Bonchev–Trinajstić information content (AvgIpc) is 2.05. The molecule has 0 heterocycles. The Hall–Kier alpha value is -0.0800. The minimum Gasteiger partial charge on any atom is -0.376 e. The maximum Gasteiger partial charge on any atom is 0.118 e. The number of nitrogens with one attached hydrogen (secondary N) is 1. The van der Waals surface area contributed by atoms with E-state index in [2.05, 4.69) is 19.2 Å². The first-order chi connectivity index (χ1) is 5.60. The van der Waals surface area contributed by atoms with Gasteiger partial charge in [-0.3, -0.25) is 5.32 Å². The Morgan fingerprint density at radius 2 is 2.08 bits per heavy atom. The van der Waals surface area contributed by atoms with E-state index in [1.165, 1.54) is 6.42 Å². The molecule has 12 heavy (non-hydrogen) atoms. The van der Waals surface area contributed by atoms with Crippen molar-refractivity contribution in [1.29, 1.82) is 0 Å². The third kappa shape index (κ3) is 1.80. The molecule has 2 N–H and O–H groups in total. The summed E-state index contributed by atoms with van der Waals surface area (Å²) in [6, 6.07) is 0. The van der Waals surface area contributed by atoms with Crippen LogP contribution in [0.25, 0.3) is 0 Å². The topological polar surface area (TPSA) is 32.3 Å². The summed E-state index contributed by atoms with van der Waals surface area (Å²) >= 11 is 0. The molecule has 0 aromatic rings. The Kier molecular flexibility index (Phi) is 3.13. The van der Waals surface area contributed by atoms with Gasteiger partial charge in [0.05, 0.1) is 0 Å². The first kappa shape index (κ1) is 10.0. The van der Waals surface area contributed by atoms with Gasteiger partial charge in [-0.2, -0.15) is 0 Å². The molecule has 1 rings (SSSR count). The van der Waals surface area contributed by atoms with Crippen molar-refractivity contribution in [2.45, 2.75) is 45.3 Å². The molecule has 0 aromatic carbocycles. The van der Waals surface area contributed by atoms with Crippen molar-refractivity contribution in [2.75, 3.05) is 7.05 Å². The van der Waals surface area contributed by atoms with Gasteiger partial charge in [-0.1, -0.05) is 20.3 Å². The van der Waals surface area contributed by atoms with E-state index >= 15 is 0 Å². The van der Waals surface area contributed by atoms with Crippen molar-refractivity contribution < 1.29 is 5.11 Å². The molecule has 1 fully saturated rings. The maximum atomic E-state index is 10.2. The minimum absolute atomic E-state index is 0.427. The predicted octanol–water partition coefficient (Wildman–Crippen LogP) is 1.74. The summed E-state index contributed by atoms with van der Waals surface area (Å²) in [4.78, 5) is 0. The highest BCUT2D eigenvalue weighted by Gasteiger charge is 2.38. The van der Waals surface area contributed by atoms with Crippen molar-refractivity contribution in [3.05, 3.63) is 0 Å². The van der Waals surface area contributed by atoms with Gasteiger partial charge in [0.25, 0.3) is 0 Å². The lowest BCUT2D eigenvalue weighted by Gasteiger charge is -2.42. The lowest BCUT2D eigenvalue weighted by atomic mass is 9.75. The molecule has 0 radical (unpaired) electrons. The van der Waals surface area contributed by atoms with Crippen molar-refractivity contribution in [1.82, 2.24) is 5.32 Å². The van der Waals surface area contributed by atoms with Gasteiger partial charge in [0, 0.05) is 5.92 Å². The van der Waals surface area contributed by atoms with Crippen LogP contribution < -0.4 is 5.32 Å². The fraction of sp³-hybridized carbons (Fsp3) is 1.00. The van der Waals surface area contributed by atoms with Crippen LogP contribution in [0.3, 0.4) is 0 Å². The van der Waals surface area contributed by atoms with E-state index in [1.54, 1.807) is 0 Å². The van der Waals surface area contributed by atoms with Gasteiger partial charge in [0.1, 0.15) is 5.72 Å². The van der Waals surface area contributed by atoms with Crippen LogP contribution in [0.5, 0.6) is 0 Å². The van der Waals surface area contributed by atoms with Crippen LogP contribution in [0.15, 0.2) is 0 Å². The van der Waals surface area contributed by atoms with E-state index in [9.17, 15) is 5.11 Å². The van der Waals surface area contributed by atoms with E-state index in [0.717, 1.165) is 19.3 Å².